The molecule has 0 saturated carbocycles. The maximum absolute atomic E-state index is 6.05. The van der Waals surface area contributed by atoms with Gasteiger partial charge >= 0.3 is 0 Å². The molecular weight excluding hydrogens is 268 g/mol. The molecule has 0 saturated heterocycles. The first-order valence-electron chi connectivity index (χ1n) is 6.96. The second kappa shape index (κ2) is 5.19. The van der Waals surface area contributed by atoms with Crippen molar-refractivity contribution < 1.29 is 4.74 Å². The number of thiazole rings is 1. The van der Waals surface area contributed by atoms with Gasteiger partial charge in [-0.1, -0.05) is 18.2 Å². The Morgan fingerprint density at radius 3 is 2.95 bits per heavy atom. The lowest BCUT2D eigenvalue weighted by Gasteiger charge is -2.38. The number of ether oxygens (including phenoxy) is 1. The Morgan fingerprint density at radius 1 is 1.40 bits per heavy atom. The van der Waals surface area contributed by atoms with Gasteiger partial charge in [0.15, 0.2) is 0 Å². The average Bonchev–Trinajstić information content (AvgIpc) is 2.80. The molecule has 1 aliphatic rings. The first-order valence-corrected chi connectivity index (χ1v) is 7.84. The van der Waals surface area contributed by atoms with Crippen LogP contribution in [0.25, 0.3) is 0 Å². The van der Waals surface area contributed by atoms with Crippen LogP contribution in [0.15, 0.2) is 29.6 Å². The summed E-state index contributed by atoms with van der Waals surface area (Å²) in [4.78, 5) is 4.51. The largest absolute Gasteiger partial charge is 0.487 e. The Morgan fingerprint density at radius 2 is 2.20 bits per heavy atom. The number of hydrogen-bond acceptors (Lipinski definition) is 4. The average molecular weight is 288 g/mol. The van der Waals surface area contributed by atoms with E-state index < -0.39 is 0 Å². The van der Waals surface area contributed by atoms with Gasteiger partial charge in [0.2, 0.25) is 0 Å². The molecule has 4 heteroatoms. The summed E-state index contributed by atoms with van der Waals surface area (Å²) in [6.07, 6.45) is 0.965. The quantitative estimate of drug-likeness (QED) is 0.931. The maximum atomic E-state index is 6.05. The van der Waals surface area contributed by atoms with E-state index in [1.165, 1.54) is 5.56 Å². The molecule has 0 amide bonds. The summed E-state index contributed by atoms with van der Waals surface area (Å²) >= 11 is 1.70. The van der Waals surface area contributed by atoms with Gasteiger partial charge in [-0.3, -0.25) is 0 Å². The zero-order valence-corrected chi connectivity index (χ0v) is 13.0. The minimum atomic E-state index is -0.135. The van der Waals surface area contributed by atoms with Crippen LogP contribution in [0, 0.1) is 6.92 Å². The molecule has 0 spiro atoms. The van der Waals surface area contributed by atoms with E-state index in [9.17, 15) is 0 Å². The molecule has 1 atom stereocenters. The Balaban J connectivity index is 1.78. The molecule has 1 unspecified atom stereocenters. The highest BCUT2D eigenvalue weighted by Crippen LogP contribution is 2.39. The van der Waals surface area contributed by atoms with Crippen molar-refractivity contribution in [1.82, 2.24) is 10.3 Å². The van der Waals surface area contributed by atoms with Gasteiger partial charge in [-0.25, -0.2) is 4.98 Å². The lowest BCUT2D eigenvalue weighted by Crippen LogP contribution is -2.39. The lowest BCUT2D eigenvalue weighted by atomic mass is 9.89. The Labute approximate surface area is 124 Å². The van der Waals surface area contributed by atoms with Crippen LogP contribution >= 0.6 is 11.3 Å². The van der Waals surface area contributed by atoms with Gasteiger partial charge < -0.3 is 10.1 Å². The van der Waals surface area contributed by atoms with Gasteiger partial charge in [0, 0.05) is 30.0 Å². The topological polar surface area (TPSA) is 34.2 Å². The van der Waals surface area contributed by atoms with Gasteiger partial charge in [-0.15, -0.1) is 11.3 Å². The molecule has 20 heavy (non-hydrogen) atoms. The molecule has 1 aliphatic heterocycles. The minimum Gasteiger partial charge on any atom is -0.487 e. The second-order valence-electron chi connectivity index (χ2n) is 5.90. The van der Waals surface area contributed by atoms with Crippen molar-refractivity contribution in [2.45, 2.75) is 45.4 Å². The molecule has 1 aromatic heterocycles. The van der Waals surface area contributed by atoms with Gasteiger partial charge in [0.1, 0.15) is 11.4 Å². The third-order valence-electron chi connectivity index (χ3n) is 3.57. The summed E-state index contributed by atoms with van der Waals surface area (Å²) in [7, 11) is 0. The van der Waals surface area contributed by atoms with Crippen LogP contribution in [-0.4, -0.2) is 10.6 Å². The molecule has 0 aliphatic carbocycles. The van der Waals surface area contributed by atoms with Crippen molar-refractivity contribution in [1.29, 1.82) is 0 Å². The predicted molar refractivity (Wildman–Crippen MR) is 82.2 cm³/mol. The number of hydrogen-bond donors (Lipinski definition) is 1. The molecule has 1 N–H and O–H groups in total. The van der Waals surface area contributed by atoms with Crippen molar-refractivity contribution in [3.8, 4) is 5.75 Å². The van der Waals surface area contributed by atoms with Crippen LogP contribution in [0.1, 0.15) is 42.6 Å². The van der Waals surface area contributed by atoms with Crippen LogP contribution in [-0.2, 0) is 6.54 Å². The number of aryl methyl sites for hydroxylation is 1. The van der Waals surface area contributed by atoms with E-state index in [2.05, 4.69) is 47.7 Å². The van der Waals surface area contributed by atoms with Crippen molar-refractivity contribution in [3.63, 3.8) is 0 Å². The summed E-state index contributed by atoms with van der Waals surface area (Å²) in [6.45, 7) is 7.13. The third kappa shape index (κ3) is 2.86. The van der Waals surface area contributed by atoms with Gasteiger partial charge in [0.05, 0.1) is 10.7 Å². The Bertz CT molecular complexity index is 606. The zero-order valence-electron chi connectivity index (χ0n) is 12.1. The maximum Gasteiger partial charge on any atom is 0.124 e. The molecular formula is C16H20N2OS. The molecule has 2 heterocycles. The molecule has 0 bridgehead atoms. The number of fused-ring (bicyclic) bond motifs is 1. The second-order valence-corrected chi connectivity index (χ2v) is 6.96. The number of benzene rings is 1. The van der Waals surface area contributed by atoms with E-state index in [0.29, 0.717) is 6.04 Å². The number of nitrogens with one attached hydrogen (secondary N) is 1. The number of para-hydroxylation sites is 1. The lowest BCUT2D eigenvalue weighted by molar-refractivity contribution is 0.0656. The fourth-order valence-electron chi connectivity index (χ4n) is 2.70. The zero-order chi connectivity index (χ0) is 14.2. The first kappa shape index (κ1) is 13.6. The summed E-state index contributed by atoms with van der Waals surface area (Å²) in [5.74, 6) is 0.996. The number of rotatable bonds is 3. The van der Waals surface area contributed by atoms with Crippen LogP contribution in [0.5, 0.6) is 5.75 Å². The third-order valence-corrected chi connectivity index (χ3v) is 4.39. The smallest absolute Gasteiger partial charge is 0.124 e. The van der Waals surface area contributed by atoms with E-state index in [4.69, 9.17) is 4.74 Å². The van der Waals surface area contributed by atoms with Crippen LogP contribution in [0.2, 0.25) is 0 Å². The van der Waals surface area contributed by atoms with E-state index in [-0.39, 0.29) is 5.60 Å². The summed E-state index contributed by atoms with van der Waals surface area (Å²) in [6, 6.07) is 8.62. The van der Waals surface area contributed by atoms with Crippen molar-refractivity contribution >= 4 is 11.3 Å². The normalized spacial score (nSPS) is 20.2. The van der Waals surface area contributed by atoms with E-state index in [0.717, 1.165) is 29.4 Å². The first-order chi connectivity index (χ1) is 9.53. The van der Waals surface area contributed by atoms with Crippen LogP contribution < -0.4 is 10.1 Å². The van der Waals surface area contributed by atoms with Gasteiger partial charge in [0.25, 0.3) is 0 Å². The molecule has 0 radical (unpaired) electrons. The highest BCUT2D eigenvalue weighted by atomic mass is 32.1. The van der Waals surface area contributed by atoms with Crippen LogP contribution in [0.4, 0.5) is 0 Å². The SMILES string of the molecule is Cc1nc(CNC2CC(C)(C)Oc3ccccc32)cs1. The predicted octanol–water partition coefficient (Wildman–Crippen LogP) is 3.84. The molecule has 3 rings (SSSR count). The Hall–Kier alpha value is -1.39. The van der Waals surface area contributed by atoms with Crippen molar-refractivity contribution in [2.24, 2.45) is 0 Å². The molecule has 1 aromatic carbocycles. The summed E-state index contributed by atoms with van der Waals surface area (Å²) in [5.41, 5.74) is 2.23. The fourth-order valence-corrected chi connectivity index (χ4v) is 3.31. The number of nitrogens with zero attached hydrogens (tertiary/aromatic N) is 1. The monoisotopic (exact) mass is 288 g/mol. The molecule has 3 nitrogen and oxygen atoms in total. The molecule has 0 fully saturated rings. The molecule has 2 aromatic rings. The molecule has 106 valence electrons. The van der Waals surface area contributed by atoms with Crippen molar-refractivity contribution in [2.75, 3.05) is 0 Å². The Kier molecular flexibility index (Phi) is 3.52. The summed E-state index contributed by atoms with van der Waals surface area (Å²) < 4.78 is 6.05. The highest BCUT2D eigenvalue weighted by Gasteiger charge is 2.33. The van der Waals surface area contributed by atoms with Crippen molar-refractivity contribution in [3.05, 3.63) is 45.9 Å². The van der Waals surface area contributed by atoms with E-state index >= 15 is 0 Å². The summed E-state index contributed by atoms with van der Waals surface area (Å²) in [5, 5.41) is 6.87. The van der Waals surface area contributed by atoms with Gasteiger partial charge in [-0.05, 0) is 26.8 Å². The van der Waals surface area contributed by atoms with E-state index in [1.54, 1.807) is 11.3 Å². The van der Waals surface area contributed by atoms with Gasteiger partial charge in [-0.2, -0.15) is 0 Å². The fraction of sp³-hybridized carbons (Fsp3) is 0.438. The standard InChI is InChI=1S/C16H20N2OS/c1-11-18-12(10-20-11)9-17-14-8-16(2,3)19-15-7-5-4-6-13(14)15/h4-7,10,14,17H,8-9H2,1-3H3. The highest BCUT2D eigenvalue weighted by molar-refractivity contribution is 7.09. The minimum absolute atomic E-state index is 0.135. The number of aromatic nitrogens is 1. The van der Waals surface area contributed by atoms with Crippen LogP contribution in [0.3, 0.4) is 0 Å². The van der Waals surface area contributed by atoms with E-state index in [1.807, 2.05) is 13.0 Å².